The van der Waals surface area contributed by atoms with E-state index in [2.05, 4.69) is 31.2 Å². The van der Waals surface area contributed by atoms with Crippen LogP contribution in [0.3, 0.4) is 0 Å². The van der Waals surface area contributed by atoms with Gasteiger partial charge in [0.15, 0.2) is 0 Å². The number of nitrogens with one attached hydrogen (secondary N) is 4. The van der Waals surface area contributed by atoms with Gasteiger partial charge in [0.1, 0.15) is 11.4 Å². The first kappa shape index (κ1) is 34.5. The minimum absolute atomic E-state index is 0.0804. The van der Waals surface area contributed by atoms with Crippen LogP contribution in [0, 0.1) is 0 Å². The molecule has 49 heavy (non-hydrogen) atoms. The fourth-order valence-electron chi connectivity index (χ4n) is 5.63. The maximum atomic E-state index is 13.3. The quantitative estimate of drug-likeness (QED) is 0.124. The fourth-order valence-corrected chi connectivity index (χ4v) is 6.21. The number of carbonyl (C=O) groups excluding carboxylic acids is 2. The molecule has 5 N–H and O–H groups in total. The molecule has 256 valence electrons. The summed E-state index contributed by atoms with van der Waals surface area (Å²) in [6, 6.07) is 12.4. The summed E-state index contributed by atoms with van der Waals surface area (Å²) in [5.41, 5.74) is 3.63. The Bertz CT molecular complexity index is 1870. The highest BCUT2D eigenvalue weighted by Crippen LogP contribution is 2.40. The summed E-state index contributed by atoms with van der Waals surface area (Å²) in [4.78, 5) is 38.3. The summed E-state index contributed by atoms with van der Waals surface area (Å²) >= 11 is 13.8. The molecule has 6 rings (SSSR count). The van der Waals surface area contributed by atoms with Crippen LogP contribution >= 0.6 is 23.2 Å². The minimum atomic E-state index is -0.624. The van der Waals surface area contributed by atoms with Gasteiger partial charge in [0.2, 0.25) is 11.8 Å². The van der Waals surface area contributed by atoms with Crippen LogP contribution in [0.15, 0.2) is 54.9 Å². The molecule has 2 aliphatic rings. The number of aromatic nitrogens is 3. The Morgan fingerprint density at radius 1 is 1.02 bits per heavy atom. The maximum absolute atomic E-state index is 13.3. The molecule has 1 atom stereocenters. The Morgan fingerprint density at radius 3 is 2.57 bits per heavy atom. The minimum Gasteiger partial charge on any atom is -0.496 e. The molecule has 4 heterocycles. The molecule has 1 aromatic carbocycles. The molecule has 1 unspecified atom stereocenters. The molecule has 14 heteroatoms. The van der Waals surface area contributed by atoms with Crippen LogP contribution in [0.2, 0.25) is 10.0 Å². The summed E-state index contributed by atoms with van der Waals surface area (Å²) in [5.74, 6) is 0.549. The average molecular weight is 707 g/mol. The van der Waals surface area contributed by atoms with Crippen molar-refractivity contribution in [3.8, 4) is 34.1 Å². The Balaban J connectivity index is 1.17. The van der Waals surface area contributed by atoms with Gasteiger partial charge >= 0.3 is 0 Å². The number of pyridine rings is 3. The van der Waals surface area contributed by atoms with Crippen molar-refractivity contribution in [2.75, 3.05) is 32.6 Å². The van der Waals surface area contributed by atoms with Crippen LogP contribution in [0.5, 0.6) is 11.6 Å². The molecule has 1 aliphatic carbocycles. The Morgan fingerprint density at radius 2 is 1.84 bits per heavy atom. The van der Waals surface area contributed by atoms with Gasteiger partial charge < -0.3 is 35.8 Å². The van der Waals surface area contributed by atoms with Gasteiger partial charge in [0.05, 0.1) is 46.9 Å². The van der Waals surface area contributed by atoms with Gasteiger partial charge in [-0.3, -0.25) is 19.6 Å². The molecule has 1 aliphatic heterocycles. The van der Waals surface area contributed by atoms with Gasteiger partial charge in [-0.2, -0.15) is 0 Å². The lowest BCUT2D eigenvalue weighted by Gasteiger charge is -2.15. The first-order chi connectivity index (χ1) is 23.7. The smallest absolute Gasteiger partial charge is 0.274 e. The summed E-state index contributed by atoms with van der Waals surface area (Å²) in [7, 11) is 3.09. The van der Waals surface area contributed by atoms with E-state index in [9.17, 15) is 14.7 Å². The second-order valence-corrected chi connectivity index (χ2v) is 12.9. The van der Waals surface area contributed by atoms with E-state index in [1.165, 1.54) is 7.11 Å². The lowest BCUT2D eigenvalue weighted by Crippen LogP contribution is -2.35. The fraction of sp³-hybridized carbons (Fsp3) is 0.343. The molecule has 2 fully saturated rings. The zero-order valence-corrected chi connectivity index (χ0v) is 28.6. The molecule has 1 saturated carbocycles. The van der Waals surface area contributed by atoms with Crippen LogP contribution in [0.4, 0.5) is 5.69 Å². The number of hydrogen-bond acceptors (Lipinski definition) is 10. The first-order valence-electron chi connectivity index (χ1n) is 15.9. The van der Waals surface area contributed by atoms with E-state index in [0.29, 0.717) is 77.5 Å². The summed E-state index contributed by atoms with van der Waals surface area (Å²) in [6.07, 6.45) is 6.14. The number of ether oxygens (including phenoxy) is 2. The molecule has 3 aromatic heterocycles. The average Bonchev–Trinajstić information content (AvgIpc) is 3.70. The van der Waals surface area contributed by atoms with E-state index in [1.54, 1.807) is 49.8 Å². The lowest BCUT2D eigenvalue weighted by molar-refractivity contribution is -0.119. The third kappa shape index (κ3) is 8.11. The highest BCUT2D eigenvalue weighted by molar-refractivity contribution is 6.39. The lowest BCUT2D eigenvalue weighted by atomic mass is 10.1. The van der Waals surface area contributed by atoms with Crippen molar-refractivity contribution in [1.29, 1.82) is 0 Å². The van der Waals surface area contributed by atoms with Gasteiger partial charge in [0.25, 0.3) is 5.91 Å². The Hall–Kier alpha value is -4.33. The molecule has 0 bridgehead atoms. The van der Waals surface area contributed by atoms with Gasteiger partial charge in [-0.15, -0.1) is 0 Å². The largest absolute Gasteiger partial charge is 0.496 e. The predicted octanol–water partition coefficient (Wildman–Crippen LogP) is 4.76. The third-order valence-corrected chi connectivity index (χ3v) is 9.37. The third-order valence-electron chi connectivity index (χ3n) is 8.58. The number of benzene rings is 1. The maximum Gasteiger partial charge on any atom is 0.274 e. The normalized spacial score (nSPS) is 16.3. The number of methoxy groups -OCH3 is 2. The van der Waals surface area contributed by atoms with E-state index in [1.807, 2.05) is 12.1 Å². The highest BCUT2D eigenvalue weighted by atomic mass is 35.5. The summed E-state index contributed by atoms with van der Waals surface area (Å²) in [5, 5.41) is 23.0. The van der Waals surface area contributed by atoms with Crippen molar-refractivity contribution in [1.82, 2.24) is 30.9 Å². The van der Waals surface area contributed by atoms with Gasteiger partial charge in [-0.1, -0.05) is 41.4 Å². The van der Waals surface area contributed by atoms with E-state index in [-0.39, 0.29) is 22.7 Å². The SMILES string of the molecule is COc1cc(C(=O)Nc2cccc(-c3nccc(-c4ccc(CNCC5CCC(=O)N5)c(OC)n4)c3Cl)c2Cl)ncc1CNCC1(O)CC1. The second kappa shape index (κ2) is 15.1. The van der Waals surface area contributed by atoms with E-state index >= 15 is 0 Å². The molecule has 0 spiro atoms. The predicted molar refractivity (Wildman–Crippen MR) is 187 cm³/mol. The van der Waals surface area contributed by atoms with E-state index in [4.69, 9.17) is 37.7 Å². The van der Waals surface area contributed by atoms with Crippen LogP contribution < -0.4 is 30.7 Å². The number of carbonyl (C=O) groups is 2. The Kier molecular flexibility index (Phi) is 10.6. The zero-order chi connectivity index (χ0) is 34.5. The van der Waals surface area contributed by atoms with Crippen molar-refractivity contribution in [3.63, 3.8) is 0 Å². The topological polar surface area (TPSA) is 160 Å². The summed E-state index contributed by atoms with van der Waals surface area (Å²) in [6.45, 7) is 2.08. The van der Waals surface area contributed by atoms with Crippen LogP contribution in [-0.2, 0) is 17.9 Å². The van der Waals surface area contributed by atoms with Crippen molar-refractivity contribution < 1.29 is 24.2 Å². The highest BCUT2D eigenvalue weighted by Gasteiger charge is 2.39. The molecular weight excluding hydrogens is 669 g/mol. The number of amides is 2. The van der Waals surface area contributed by atoms with Crippen LogP contribution in [0.1, 0.15) is 47.3 Å². The number of anilines is 1. The van der Waals surface area contributed by atoms with Crippen molar-refractivity contribution in [3.05, 3.63) is 81.7 Å². The number of hydrogen-bond donors (Lipinski definition) is 5. The zero-order valence-electron chi connectivity index (χ0n) is 27.1. The van der Waals surface area contributed by atoms with Crippen LogP contribution in [-0.4, -0.2) is 70.8 Å². The molecule has 12 nitrogen and oxygen atoms in total. The van der Waals surface area contributed by atoms with Crippen molar-refractivity contribution >= 4 is 40.7 Å². The standard InChI is InChI=1S/C35H37Cl2N7O5/c1-48-28-14-27(41-17-21(28)16-39-19-35(47)11-12-35)33(46)43-26-5-3-4-24(30(26)36)32-31(37)23(10-13-40-32)25-8-6-20(34(44-25)49-2)15-38-18-22-7-9-29(45)42-22/h3-6,8,10,13-14,17,22,38-39,47H,7,9,11-12,15-16,18-19H2,1-2H3,(H,42,45)(H,43,46). The molecule has 1 saturated heterocycles. The molecule has 2 amide bonds. The van der Waals surface area contributed by atoms with Crippen LogP contribution in [0.25, 0.3) is 22.5 Å². The van der Waals surface area contributed by atoms with E-state index in [0.717, 1.165) is 30.4 Å². The number of aliphatic hydroxyl groups is 1. The molecule has 4 aromatic rings. The number of rotatable bonds is 14. The summed E-state index contributed by atoms with van der Waals surface area (Å²) < 4.78 is 11.1. The second-order valence-electron chi connectivity index (χ2n) is 12.2. The first-order valence-corrected chi connectivity index (χ1v) is 16.7. The number of nitrogens with zero attached hydrogens (tertiary/aromatic N) is 3. The monoisotopic (exact) mass is 705 g/mol. The Labute approximate surface area is 294 Å². The van der Waals surface area contributed by atoms with Crippen molar-refractivity contribution in [2.24, 2.45) is 0 Å². The van der Waals surface area contributed by atoms with Gasteiger partial charge in [-0.25, -0.2) is 4.98 Å². The van der Waals surface area contributed by atoms with Crippen molar-refractivity contribution in [2.45, 2.75) is 50.4 Å². The number of halogens is 2. The molecule has 0 radical (unpaired) electrons. The van der Waals surface area contributed by atoms with Gasteiger partial charge in [0, 0.05) is 79.4 Å². The molecular formula is C35H37Cl2N7O5. The van der Waals surface area contributed by atoms with E-state index < -0.39 is 11.5 Å². The van der Waals surface area contributed by atoms with Gasteiger partial charge in [-0.05, 0) is 37.5 Å².